The molecule has 22 heavy (non-hydrogen) atoms. The Morgan fingerprint density at radius 1 is 1.14 bits per heavy atom. The highest BCUT2D eigenvalue weighted by molar-refractivity contribution is 6.22. The minimum Gasteiger partial charge on any atom is -0.494 e. The highest BCUT2D eigenvalue weighted by Gasteiger charge is 2.43. The van der Waals surface area contributed by atoms with Gasteiger partial charge < -0.3 is 4.74 Å². The third-order valence-corrected chi connectivity index (χ3v) is 4.27. The molecular weight excluding hydrogens is 280 g/mol. The third kappa shape index (κ3) is 2.86. The number of hydrogen-bond donors (Lipinski definition) is 0. The van der Waals surface area contributed by atoms with Gasteiger partial charge >= 0.3 is 0 Å². The summed E-state index contributed by atoms with van der Waals surface area (Å²) in [4.78, 5) is 28.3. The van der Waals surface area contributed by atoms with Gasteiger partial charge in [-0.05, 0) is 56.6 Å². The van der Waals surface area contributed by atoms with E-state index in [0.29, 0.717) is 18.7 Å². The number of benzene rings is 1. The molecule has 2 aliphatic heterocycles. The van der Waals surface area contributed by atoms with E-state index in [1.165, 1.54) is 4.90 Å². The Balaban J connectivity index is 1.73. The first kappa shape index (κ1) is 15.0. The Morgan fingerprint density at radius 2 is 1.82 bits per heavy atom. The van der Waals surface area contributed by atoms with Gasteiger partial charge in [0.25, 0.3) is 5.91 Å². The molecule has 0 bridgehead atoms. The molecule has 5 heteroatoms. The highest BCUT2D eigenvalue weighted by atomic mass is 16.5. The van der Waals surface area contributed by atoms with E-state index < -0.39 is 0 Å². The number of anilines is 1. The Labute approximate surface area is 130 Å². The van der Waals surface area contributed by atoms with Crippen molar-refractivity contribution in [1.82, 2.24) is 4.90 Å². The molecule has 2 aliphatic rings. The number of imide groups is 1. The van der Waals surface area contributed by atoms with Gasteiger partial charge in [-0.1, -0.05) is 6.92 Å². The number of likely N-dealkylation sites (tertiary alicyclic amines) is 1. The number of nitrogens with zero attached hydrogens (tertiary/aromatic N) is 2. The molecule has 0 aliphatic carbocycles. The summed E-state index contributed by atoms with van der Waals surface area (Å²) in [6, 6.07) is 6.93. The van der Waals surface area contributed by atoms with Crippen LogP contribution in [0.25, 0.3) is 0 Å². The molecule has 2 saturated heterocycles. The molecule has 2 fully saturated rings. The molecular formula is C17H22N2O3. The van der Waals surface area contributed by atoms with Gasteiger partial charge in [-0.15, -0.1) is 0 Å². The van der Waals surface area contributed by atoms with E-state index in [1.54, 1.807) is 12.1 Å². The number of carbonyl (C=O) groups excluding carboxylic acids is 2. The predicted octanol–water partition coefficient (Wildman–Crippen LogP) is 2.20. The van der Waals surface area contributed by atoms with Crippen LogP contribution >= 0.6 is 0 Å². The highest BCUT2D eigenvalue weighted by Crippen LogP contribution is 2.28. The first-order chi connectivity index (χ1) is 10.7. The lowest BCUT2D eigenvalue weighted by molar-refractivity contribution is -0.122. The number of amides is 2. The standard InChI is InChI=1S/C17H22N2O3/c1-2-11-22-14-7-5-13(6-8-14)19-16(20)12-15(17(19)21)18-9-3-4-10-18/h5-8,15H,2-4,9-12H2,1H3/t15-/m0/s1. The summed E-state index contributed by atoms with van der Waals surface area (Å²) in [6.45, 7) is 4.55. The minimum atomic E-state index is -0.272. The van der Waals surface area contributed by atoms with E-state index >= 15 is 0 Å². The monoisotopic (exact) mass is 302 g/mol. The van der Waals surface area contributed by atoms with Crippen LogP contribution in [-0.4, -0.2) is 42.5 Å². The normalized spacial score (nSPS) is 22.6. The van der Waals surface area contributed by atoms with E-state index in [0.717, 1.165) is 38.1 Å². The van der Waals surface area contributed by atoms with Crippen molar-refractivity contribution < 1.29 is 14.3 Å². The molecule has 2 heterocycles. The van der Waals surface area contributed by atoms with Crippen LogP contribution in [0, 0.1) is 0 Å². The first-order valence-electron chi connectivity index (χ1n) is 8.04. The van der Waals surface area contributed by atoms with E-state index in [4.69, 9.17) is 4.74 Å². The summed E-state index contributed by atoms with van der Waals surface area (Å²) >= 11 is 0. The Kier molecular flexibility index (Phi) is 4.43. The fourth-order valence-corrected chi connectivity index (χ4v) is 3.14. The lowest BCUT2D eigenvalue weighted by Gasteiger charge is -2.21. The van der Waals surface area contributed by atoms with Crippen molar-refractivity contribution in [2.24, 2.45) is 0 Å². The van der Waals surface area contributed by atoms with Crippen molar-refractivity contribution in [1.29, 1.82) is 0 Å². The maximum atomic E-state index is 12.6. The molecule has 0 N–H and O–H groups in total. The van der Waals surface area contributed by atoms with Gasteiger partial charge in [0.1, 0.15) is 5.75 Å². The SMILES string of the molecule is CCCOc1ccc(N2C(=O)C[C@H](N3CCCC3)C2=O)cc1. The Bertz CT molecular complexity index is 550. The summed E-state index contributed by atoms with van der Waals surface area (Å²) in [6.07, 6.45) is 3.47. The number of hydrogen-bond acceptors (Lipinski definition) is 4. The average molecular weight is 302 g/mol. The fraction of sp³-hybridized carbons (Fsp3) is 0.529. The molecule has 2 amide bonds. The van der Waals surface area contributed by atoms with Gasteiger partial charge in [0.2, 0.25) is 5.91 Å². The number of rotatable bonds is 5. The van der Waals surface area contributed by atoms with Crippen molar-refractivity contribution in [2.45, 2.75) is 38.6 Å². The lowest BCUT2D eigenvalue weighted by Crippen LogP contribution is -2.40. The average Bonchev–Trinajstić information content (AvgIpc) is 3.14. The van der Waals surface area contributed by atoms with E-state index in [9.17, 15) is 9.59 Å². The van der Waals surface area contributed by atoms with Crippen molar-refractivity contribution in [3.63, 3.8) is 0 Å². The van der Waals surface area contributed by atoms with Crippen LogP contribution in [0.3, 0.4) is 0 Å². The second-order valence-electron chi connectivity index (χ2n) is 5.87. The second-order valence-corrected chi connectivity index (χ2v) is 5.87. The summed E-state index contributed by atoms with van der Waals surface area (Å²) in [5.41, 5.74) is 0.639. The van der Waals surface area contributed by atoms with Crippen molar-refractivity contribution >= 4 is 17.5 Å². The van der Waals surface area contributed by atoms with Gasteiger partial charge in [0, 0.05) is 0 Å². The van der Waals surface area contributed by atoms with Crippen molar-refractivity contribution in [2.75, 3.05) is 24.6 Å². The zero-order valence-electron chi connectivity index (χ0n) is 13.0. The molecule has 0 radical (unpaired) electrons. The summed E-state index contributed by atoms with van der Waals surface area (Å²) in [5, 5.41) is 0. The van der Waals surface area contributed by atoms with Crippen LogP contribution in [0.5, 0.6) is 5.75 Å². The number of carbonyl (C=O) groups is 2. The Hall–Kier alpha value is -1.88. The van der Waals surface area contributed by atoms with Gasteiger partial charge in [-0.3, -0.25) is 14.5 Å². The van der Waals surface area contributed by atoms with Gasteiger partial charge in [0.15, 0.2) is 0 Å². The largest absolute Gasteiger partial charge is 0.494 e. The molecule has 0 unspecified atom stereocenters. The van der Waals surface area contributed by atoms with Gasteiger partial charge in [-0.2, -0.15) is 0 Å². The zero-order chi connectivity index (χ0) is 15.5. The molecule has 118 valence electrons. The maximum absolute atomic E-state index is 12.6. The Morgan fingerprint density at radius 3 is 2.45 bits per heavy atom. The van der Waals surface area contributed by atoms with E-state index in [2.05, 4.69) is 11.8 Å². The van der Waals surface area contributed by atoms with Crippen LogP contribution in [0.2, 0.25) is 0 Å². The lowest BCUT2D eigenvalue weighted by atomic mass is 10.2. The molecule has 5 nitrogen and oxygen atoms in total. The summed E-state index contributed by atoms with van der Waals surface area (Å²) in [7, 11) is 0. The van der Waals surface area contributed by atoms with Crippen molar-refractivity contribution in [3.8, 4) is 5.75 Å². The fourth-order valence-electron chi connectivity index (χ4n) is 3.14. The van der Waals surface area contributed by atoms with Crippen LogP contribution < -0.4 is 9.64 Å². The summed E-state index contributed by atoms with van der Waals surface area (Å²) < 4.78 is 5.53. The number of ether oxygens (including phenoxy) is 1. The topological polar surface area (TPSA) is 49.9 Å². The second kappa shape index (κ2) is 6.48. The quantitative estimate of drug-likeness (QED) is 0.783. The van der Waals surface area contributed by atoms with E-state index in [1.807, 2.05) is 12.1 Å². The summed E-state index contributed by atoms with van der Waals surface area (Å²) in [5.74, 6) is 0.569. The van der Waals surface area contributed by atoms with E-state index in [-0.39, 0.29) is 17.9 Å². The van der Waals surface area contributed by atoms with Crippen molar-refractivity contribution in [3.05, 3.63) is 24.3 Å². The molecule has 1 aromatic carbocycles. The molecule has 0 saturated carbocycles. The minimum absolute atomic E-state index is 0.0888. The van der Waals surface area contributed by atoms with Crippen LogP contribution in [-0.2, 0) is 9.59 Å². The maximum Gasteiger partial charge on any atom is 0.251 e. The molecule has 3 rings (SSSR count). The van der Waals surface area contributed by atoms with Gasteiger partial charge in [-0.25, -0.2) is 4.90 Å². The van der Waals surface area contributed by atoms with Crippen LogP contribution in [0.15, 0.2) is 24.3 Å². The smallest absolute Gasteiger partial charge is 0.251 e. The third-order valence-electron chi connectivity index (χ3n) is 4.27. The molecule has 0 aromatic heterocycles. The molecule has 1 atom stereocenters. The predicted molar refractivity (Wildman–Crippen MR) is 83.9 cm³/mol. The van der Waals surface area contributed by atoms with Crippen LogP contribution in [0.4, 0.5) is 5.69 Å². The molecule has 0 spiro atoms. The van der Waals surface area contributed by atoms with Gasteiger partial charge in [0.05, 0.1) is 24.8 Å². The molecule has 1 aromatic rings. The first-order valence-corrected chi connectivity index (χ1v) is 8.04. The van der Waals surface area contributed by atoms with Crippen LogP contribution in [0.1, 0.15) is 32.6 Å². The zero-order valence-corrected chi connectivity index (χ0v) is 13.0.